The molecule has 6 nitrogen and oxygen atoms in total. The molecule has 0 saturated carbocycles. The molecular formula is C27H21AsF2N2O4. The van der Waals surface area contributed by atoms with Gasteiger partial charge in [0.05, 0.1) is 0 Å². The Morgan fingerprint density at radius 2 is 1.58 bits per heavy atom. The summed E-state index contributed by atoms with van der Waals surface area (Å²) in [5.74, 6) is -1.08. The number of hydrogen-bond donors (Lipinski definition) is 2. The zero-order valence-corrected chi connectivity index (χ0v) is 21.0. The van der Waals surface area contributed by atoms with Crippen LogP contribution < -0.4 is 10.1 Å². The van der Waals surface area contributed by atoms with E-state index in [-0.39, 0.29) is 39.8 Å². The third kappa shape index (κ3) is 6.55. The predicted molar refractivity (Wildman–Crippen MR) is 132 cm³/mol. The number of carbonyl (C=O) groups is 2. The van der Waals surface area contributed by atoms with Gasteiger partial charge in [0, 0.05) is 0 Å². The molecule has 0 aliphatic rings. The topological polar surface area (TPSA) is 88.5 Å². The van der Waals surface area contributed by atoms with Crippen molar-refractivity contribution in [1.82, 2.24) is 10.3 Å². The molecule has 4 aromatic rings. The molecule has 0 aliphatic heterocycles. The first-order chi connectivity index (χ1) is 17.4. The molecule has 1 heterocycles. The molecule has 1 atom stereocenters. The second kappa shape index (κ2) is 11.6. The van der Waals surface area contributed by atoms with Crippen molar-refractivity contribution in [2.24, 2.45) is 0 Å². The maximum atomic E-state index is 13.4. The van der Waals surface area contributed by atoms with Crippen LogP contribution in [0.3, 0.4) is 0 Å². The van der Waals surface area contributed by atoms with E-state index in [4.69, 9.17) is 4.74 Å². The number of nitrogens with one attached hydrogen (secondary N) is 1. The summed E-state index contributed by atoms with van der Waals surface area (Å²) in [6, 6.07) is 19.4. The number of aromatic hydroxyl groups is 1. The number of pyridine rings is 1. The zero-order valence-electron chi connectivity index (χ0n) is 18.9. The minimum absolute atomic E-state index is 0.0208. The number of rotatable bonds is 9. The third-order valence-electron chi connectivity index (χ3n) is 5.18. The summed E-state index contributed by atoms with van der Waals surface area (Å²) in [5, 5.41) is 13.2. The summed E-state index contributed by atoms with van der Waals surface area (Å²) < 4.78 is 31.9. The Kier molecular flexibility index (Phi) is 8.08. The molecule has 0 saturated heterocycles. The van der Waals surface area contributed by atoms with Gasteiger partial charge in [-0.15, -0.1) is 0 Å². The number of phenols is 1. The van der Waals surface area contributed by atoms with Gasteiger partial charge in [0.1, 0.15) is 5.82 Å². The van der Waals surface area contributed by atoms with Gasteiger partial charge in [-0.05, 0) is 24.3 Å². The first-order valence-electron chi connectivity index (χ1n) is 10.9. The van der Waals surface area contributed by atoms with Gasteiger partial charge in [-0.2, -0.15) is 0 Å². The zero-order chi connectivity index (χ0) is 25.5. The summed E-state index contributed by atoms with van der Waals surface area (Å²) in [7, 11) is 0. The van der Waals surface area contributed by atoms with E-state index in [1.165, 1.54) is 36.5 Å². The predicted octanol–water partition coefficient (Wildman–Crippen LogP) is 4.56. The molecule has 182 valence electrons. The number of phenolic OH excluding ortho intramolecular Hbond substituents is 1. The number of hydrogen-bond acceptors (Lipinski definition) is 5. The van der Waals surface area contributed by atoms with Crippen molar-refractivity contribution in [3.05, 3.63) is 119 Å². The molecule has 1 aromatic heterocycles. The van der Waals surface area contributed by atoms with Gasteiger partial charge in [0.2, 0.25) is 0 Å². The van der Waals surface area contributed by atoms with Crippen LogP contribution in [0.5, 0.6) is 17.4 Å². The molecule has 1 unspecified atom stereocenters. The number of halogens is 2. The average Bonchev–Trinajstić information content (AvgIpc) is 2.89. The number of amides is 1. The molecule has 36 heavy (non-hydrogen) atoms. The summed E-state index contributed by atoms with van der Waals surface area (Å²) in [4.78, 5) is 29.2. The van der Waals surface area contributed by atoms with Crippen LogP contribution in [0, 0.1) is 11.6 Å². The number of aromatic nitrogens is 1. The van der Waals surface area contributed by atoms with E-state index in [1.807, 2.05) is 24.3 Å². The van der Waals surface area contributed by atoms with Gasteiger partial charge < -0.3 is 0 Å². The first kappa shape index (κ1) is 25.1. The average molecular weight is 550 g/mol. The van der Waals surface area contributed by atoms with Crippen molar-refractivity contribution in [1.29, 1.82) is 0 Å². The van der Waals surface area contributed by atoms with Crippen LogP contribution in [-0.2, 0) is 11.8 Å². The van der Waals surface area contributed by atoms with E-state index in [0.717, 1.165) is 23.3 Å². The fourth-order valence-corrected chi connectivity index (χ4v) is 5.36. The van der Waals surface area contributed by atoms with Gasteiger partial charge in [-0.25, -0.2) is 4.39 Å². The van der Waals surface area contributed by atoms with Crippen molar-refractivity contribution in [2.45, 2.75) is 11.8 Å². The molecule has 3 aromatic carbocycles. The molecule has 9 heteroatoms. The molecule has 1 amide bonds. The van der Waals surface area contributed by atoms with E-state index >= 15 is 0 Å². The van der Waals surface area contributed by atoms with Crippen molar-refractivity contribution in [3.8, 4) is 17.4 Å². The van der Waals surface area contributed by atoms with Gasteiger partial charge >= 0.3 is 178 Å². The van der Waals surface area contributed by atoms with Crippen molar-refractivity contribution >= 4 is 26.2 Å². The third-order valence-corrected chi connectivity index (χ3v) is 7.64. The van der Waals surface area contributed by atoms with Crippen LogP contribution in [0.1, 0.15) is 31.8 Å². The van der Waals surface area contributed by atoms with Crippen molar-refractivity contribution in [2.75, 3.05) is 0 Å². The Labute approximate surface area is 212 Å². The summed E-state index contributed by atoms with van der Waals surface area (Å²) >= 11 is -1.14. The van der Waals surface area contributed by atoms with E-state index in [9.17, 15) is 23.5 Å². The molecule has 4 rings (SSSR count). The molecule has 2 N–H and O–H groups in total. The van der Waals surface area contributed by atoms with Crippen LogP contribution in [0.25, 0.3) is 0 Å². The van der Waals surface area contributed by atoms with E-state index in [2.05, 4.69) is 10.3 Å². The van der Waals surface area contributed by atoms with Crippen molar-refractivity contribution < 1.29 is 28.2 Å². The molecule has 0 spiro atoms. The standard InChI is InChI=1S/C27H21AsF2N2O4/c29-19-7-10-21(11-8-19)36-27-22(2-1-13-31-27)26(35)32-16-18-5-3-17(4-6-18)15-28-25(34)23-14-20(30)9-12-24(23)33/h1-14,28,33H,15-16H2,(H,32,35). The molecular weight excluding hydrogens is 529 g/mol. The Hall–Kier alpha value is -4.03. The second-order valence-corrected chi connectivity index (χ2v) is 10.2. The molecule has 0 aliphatic carbocycles. The molecule has 0 radical (unpaired) electrons. The van der Waals surface area contributed by atoms with Gasteiger partial charge in [0.25, 0.3) is 0 Å². The number of benzene rings is 3. The summed E-state index contributed by atoms with van der Waals surface area (Å²) in [6.07, 6.45) is 1.50. The van der Waals surface area contributed by atoms with Crippen molar-refractivity contribution in [3.63, 3.8) is 0 Å². The van der Waals surface area contributed by atoms with Gasteiger partial charge in [0.15, 0.2) is 0 Å². The number of nitrogens with zero attached hydrogens (tertiary/aromatic N) is 1. The monoisotopic (exact) mass is 550 g/mol. The van der Waals surface area contributed by atoms with Crippen LogP contribution in [-0.4, -0.2) is 36.3 Å². The Morgan fingerprint density at radius 3 is 2.33 bits per heavy atom. The SMILES string of the molecule is O=C([AsH]Cc1ccc(CNC(=O)c2cccnc2Oc2ccc(F)cc2)cc1)c1cc(F)ccc1O. The molecule has 0 fully saturated rings. The Balaban J connectivity index is 1.32. The number of carbonyl (C=O) groups excluding carboxylic acids is 2. The first-order valence-corrected chi connectivity index (χ1v) is 13.4. The van der Waals surface area contributed by atoms with E-state index < -0.39 is 27.4 Å². The second-order valence-electron chi connectivity index (χ2n) is 7.76. The summed E-state index contributed by atoms with van der Waals surface area (Å²) in [5.41, 5.74) is 2.05. The molecule has 0 bridgehead atoms. The van der Waals surface area contributed by atoms with Crippen LogP contribution >= 0.6 is 0 Å². The maximum absolute atomic E-state index is 13.4. The quantitative estimate of drug-likeness (QED) is 0.299. The van der Waals surface area contributed by atoms with E-state index in [1.54, 1.807) is 12.1 Å². The summed E-state index contributed by atoms with van der Waals surface area (Å²) in [6.45, 7) is 0.260. The van der Waals surface area contributed by atoms with E-state index in [0.29, 0.717) is 11.0 Å². The fraction of sp³-hybridized carbons (Fsp3) is 0.0741. The minimum atomic E-state index is -1.14. The fourth-order valence-electron chi connectivity index (χ4n) is 3.28. The van der Waals surface area contributed by atoms with Crippen LogP contribution in [0.15, 0.2) is 85.1 Å². The van der Waals surface area contributed by atoms with Gasteiger partial charge in [-0.1, -0.05) is 0 Å². The number of ether oxygens (including phenoxy) is 1. The van der Waals surface area contributed by atoms with Crippen LogP contribution in [0.2, 0.25) is 0 Å². The Morgan fingerprint density at radius 1 is 0.889 bits per heavy atom. The Bertz CT molecular complexity index is 1380. The normalized spacial score (nSPS) is 10.9. The van der Waals surface area contributed by atoms with Gasteiger partial charge in [-0.3, -0.25) is 0 Å². The van der Waals surface area contributed by atoms with Crippen LogP contribution in [0.4, 0.5) is 8.78 Å².